The van der Waals surface area contributed by atoms with Crippen LogP contribution in [0.25, 0.3) is 10.6 Å². The Kier molecular flexibility index (Phi) is 5.58. The summed E-state index contributed by atoms with van der Waals surface area (Å²) in [7, 11) is 0. The lowest BCUT2D eigenvalue weighted by atomic mass is 9.89. The predicted molar refractivity (Wildman–Crippen MR) is 90.4 cm³/mol. The lowest BCUT2D eigenvalue weighted by Crippen LogP contribution is -2.34. The molecule has 5 nitrogen and oxygen atoms in total. The third kappa shape index (κ3) is 4.51. The van der Waals surface area contributed by atoms with E-state index in [-0.39, 0.29) is 11.8 Å². The summed E-state index contributed by atoms with van der Waals surface area (Å²) < 4.78 is 5.53. The van der Waals surface area contributed by atoms with Crippen LogP contribution in [0.1, 0.15) is 32.1 Å². The summed E-state index contributed by atoms with van der Waals surface area (Å²) in [6.45, 7) is 0.912. The number of nitrogens with zero attached hydrogens (tertiary/aromatic N) is 2. The first-order chi connectivity index (χ1) is 11.3. The Labute approximate surface area is 140 Å². The van der Waals surface area contributed by atoms with Gasteiger partial charge in [0.2, 0.25) is 11.8 Å². The van der Waals surface area contributed by atoms with Crippen LogP contribution in [0.5, 0.6) is 5.88 Å². The zero-order valence-corrected chi connectivity index (χ0v) is 13.8. The second-order valence-corrected chi connectivity index (χ2v) is 6.66. The molecule has 2 aromatic rings. The van der Waals surface area contributed by atoms with Gasteiger partial charge in [-0.3, -0.25) is 4.79 Å². The molecule has 0 spiro atoms. The van der Waals surface area contributed by atoms with Gasteiger partial charge in [-0.1, -0.05) is 25.3 Å². The molecule has 0 saturated heterocycles. The van der Waals surface area contributed by atoms with E-state index in [1.807, 2.05) is 29.6 Å². The molecule has 2 heterocycles. The molecule has 2 aromatic heterocycles. The average Bonchev–Trinajstić information content (AvgIpc) is 3.14. The Balaban J connectivity index is 1.39. The summed E-state index contributed by atoms with van der Waals surface area (Å²) in [5.41, 5.74) is 0.845. The summed E-state index contributed by atoms with van der Waals surface area (Å²) in [6, 6.07) is 7.71. The van der Waals surface area contributed by atoms with Crippen molar-refractivity contribution in [2.75, 3.05) is 13.2 Å². The van der Waals surface area contributed by atoms with Gasteiger partial charge in [0.15, 0.2) is 0 Å². The standard InChI is InChI=1S/C17H21N3O2S/c21-17(13-5-2-1-3-6-13)18-10-11-22-16-9-8-14(19-20-16)15-7-4-12-23-15/h4,7-9,12-13H,1-3,5-6,10-11H2,(H,18,21). The van der Waals surface area contributed by atoms with Crippen molar-refractivity contribution in [1.29, 1.82) is 0 Å². The molecular formula is C17H21N3O2S. The van der Waals surface area contributed by atoms with E-state index in [0.717, 1.165) is 23.4 Å². The Morgan fingerprint density at radius 3 is 2.78 bits per heavy atom. The molecule has 0 aliphatic heterocycles. The predicted octanol–water partition coefficient (Wildman–Crippen LogP) is 3.28. The van der Waals surface area contributed by atoms with Gasteiger partial charge in [0.1, 0.15) is 12.3 Å². The molecule has 0 bridgehead atoms. The molecule has 1 aliphatic carbocycles. The maximum absolute atomic E-state index is 12.0. The summed E-state index contributed by atoms with van der Waals surface area (Å²) in [4.78, 5) is 13.1. The molecule has 1 saturated carbocycles. The highest BCUT2D eigenvalue weighted by Gasteiger charge is 2.20. The van der Waals surface area contributed by atoms with Crippen molar-refractivity contribution in [2.45, 2.75) is 32.1 Å². The molecule has 1 aliphatic rings. The number of thiophene rings is 1. The Morgan fingerprint density at radius 1 is 1.22 bits per heavy atom. The molecule has 122 valence electrons. The number of carbonyl (C=O) groups excluding carboxylic acids is 1. The van der Waals surface area contributed by atoms with Gasteiger partial charge in [0.05, 0.1) is 11.4 Å². The number of rotatable bonds is 6. The largest absolute Gasteiger partial charge is 0.475 e. The van der Waals surface area contributed by atoms with Crippen molar-refractivity contribution in [3.05, 3.63) is 29.6 Å². The van der Waals surface area contributed by atoms with Gasteiger partial charge in [-0.2, -0.15) is 0 Å². The third-order valence-corrected chi connectivity index (χ3v) is 4.93. The molecular weight excluding hydrogens is 310 g/mol. The second kappa shape index (κ2) is 8.06. The van der Waals surface area contributed by atoms with Gasteiger partial charge < -0.3 is 10.1 Å². The van der Waals surface area contributed by atoms with Crippen LogP contribution in [0, 0.1) is 5.92 Å². The highest BCUT2D eigenvalue weighted by atomic mass is 32.1. The van der Waals surface area contributed by atoms with Crippen LogP contribution >= 0.6 is 11.3 Å². The van der Waals surface area contributed by atoms with Crippen molar-refractivity contribution in [3.8, 4) is 16.5 Å². The quantitative estimate of drug-likeness (QED) is 0.825. The Hall–Kier alpha value is -1.95. The number of ether oxygens (including phenoxy) is 1. The highest BCUT2D eigenvalue weighted by molar-refractivity contribution is 7.13. The van der Waals surface area contributed by atoms with Crippen molar-refractivity contribution < 1.29 is 9.53 Å². The lowest BCUT2D eigenvalue weighted by Gasteiger charge is -2.20. The maximum atomic E-state index is 12.0. The first-order valence-corrected chi connectivity index (χ1v) is 8.99. The maximum Gasteiger partial charge on any atom is 0.233 e. The summed E-state index contributed by atoms with van der Waals surface area (Å²) >= 11 is 1.63. The minimum atomic E-state index is 0.160. The van der Waals surface area contributed by atoms with E-state index < -0.39 is 0 Å². The molecule has 3 rings (SSSR count). The smallest absolute Gasteiger partial charge is 0.233 e. The van der Waals surface area contributed by atoms with E-state index in [1.54, 1.807) is 11.3 Å². The van der Waals surface area contributed by atoms with E-state index in [1.165, 1.54) is 19.3 Å². The molecule has 1 amide bonds. The minimum absolute atomic E-state index is 0.160. The van der Waals surface area contributed by atoms with Crippen LogP contribution in [0.4, 0.5) is 0 Å². The fourth-order valence-electron chi connectivity index (χ4n) is 2.79. The third-order valence-electron chi connectivity index (χ3n) is 4.04. The van der Waals surface area contributed by atoms with Crippen molar-refractivity contribution in [3.63, 3.8) is 0 Å². The molecule has 0 atom stereocenters. The van der Waals surface area contributed by atoms with Gasteiger partial charge in [-0.05, 0) is 30.4 Å². The molecule has 0 radical (unpaired) electrons. The molecule has 0 unspecified atom stereocenters. The minimum Gasteiger partial charge on any atom is -0.475 e. The highest BCUT2D eigenvalue weighted by Crippen LogP contribution is 2.24. The van der Waals surface area contributed by atoms with Gasteiger partial charge in [-0.25, -0.2) is 0 Å². The zero-order chi connectivity index (χ0) is 15.9. The first kappa shape index (κ1) is 15.9. The number of hydrogen-bond donors (Lipinski definition) is 1. The van der Waals surface area contributed by atoms with Crippen molar-refractivity contribution in [1.82, 2.24) is 15.5 Å². The zero-order valence-electron chi connectivity index (χ0n) is 13.0. The van der Waals surface area contributed by atoms with Crippen molar-refractivity contribution in [2.24, 2.45) is 5.92 Å². The number of hydrogen-bond acceptors (Lipinski definition) is 5. The van der Waals surface area contributed by atoms with E-state index >= 15 is 0 Å². The van der Waals surface area contributed by atoms with Crippen molar-refractivity contribution >= 4 is 17.2 Å². The van der Waals surface area contributed by atoms with Crippen LogP contribution in [0.2, 0.25) is 0 Å². The fraction of sp³-hybridized carbons (Fsp3) is 0.471. The van der Waals surface area contributed by atoms with Gasteiger partial charge in [-0.15, -0.1) is 21.5 Å². The molecule has 1 fully saturated rings. The van der Waals surface area contributed by atoms with E-state index in [2.05, 4.69) is 15.5 Å². The number of nitrogens with one attached hydrogen (secondary N) is 1. The fourth-order valence-corrected chi connectivity index (χ4v) is 3.48. The number of carbonyl (C=O) groups is 1. The number of aromatic nitrogens is 2. The molecule has 6 heteroatoms. The monoisotopic (exact) mass is 331 g/mol. The van der Waals surface area contributed by atoms with E-state index in [0.29, 0.717) is 19.0 Å². The van der Waals surface area contributed by atoms with Gasteiger partial charge in [0.25, 0.3) is 0 Å². The van der Waals surface area contributed by atoms with Crippen LogP contribution in [0.3, 0.4) is 0 Å². The average molecular weight is 331 g/mol. The second-order valence-electron chi connectivity index (χ2n) is 5.71. The summed E-state index contributed by atoms with van der Waals surface area (Å²) in [5, 5.41) is 13.2. The van der Waals surface area contributed by atoms with E-state index in [4.69, 9.17) is 4.74 Å². The van der Waals surface area contributed by atoms with Crippen LogP contribution in [-0.4, -0.2) is 29.3 Å². The van der Waals surface area contributed by atoms with E-state index in [9.17, 15) is 4.79 Å². The van der Waals surface area contributed by atoms with Crippen LogP contribution in [0.15, 0.2) is 29.6 Å². The molecule has 23 heavy (non-hydrogen) atoms. The molecule has 0 aromatic carbocycles. The SMILES string of the molecule is O=C(NCCOc1ccc(-c2cccs2)nn1)C1CCCCC1. The molecule has 1 N–H and O–H groups in total. The van der Waals surface area contributed by atoms with Crippen LogP contribution < -0.4 is 10.1 Å². The number of amides is 1. The first-order valence-electron chi connectivity index (χ1n) is 8.11. The Morgan fingerprint density at radius 2 is 2.09 bits per heavy atom. The lowest BCUT2D eigenvalue weighted by molar-refractivity contribution is -0.126. The summed E-state index contributed by atoms with van der Waals surface area (Å²) in [5.74, 6) is 0.832. The van der Waals surface area contributed by atoms with Crippen LogP contribution in [-0.2, 0) is 4.79 Å². The normalized spacial score (nSPS) is 15.3. The van der Waals surface area contributed by atoms with Gasteiger partial charge >= 0.3 is 0 Å². The summed E-state index contributed by atoms with van der Waals surface area (Å²) in [6.07, 6.45) is 5.62. The topological polar surface area (TPSA) is 64.1 Å². The Bertz CT molecular complexity index is 607. The van der Waals surface area contributed by atoms with Gasteiger partial charge in [0, 0.05) is 12.0 Å².